The number of fused-ring (bicyclic) bond motifs is 2. The Kier molecular flexibility index (Phi) is 5.46. The van der Waals surface area contributed by atoms with E-state index in [2.05, 4.69) is 0 Å². The fourth-order valence-corrected chi connectivity index (χ4v) is 7.67. The molecule has 1 atom stereocenters. The van der Waals surface area contributed by atoms with Gasteiger partial charge in [-0.15, -0.1) is 0 Å². The maximum atomic E-state index is 14.1. The van der Waals surface area contributed by atoms with Crippen molar-refractivity contribution in [3.63, 3.8) is 0 Å². The number of benzene rings is 2. The largest absolute Gasteiger partial charge is 0.478 e. The van der Waals surface area contributed by atoms with E-state index in [1.807, 2.05) is 0 Å². The number of hydrogen-bond donors (Lipinski definition) is 2. The standard InChI is InChI=1S/C28H23F4N2O4P/c1-15-7-17(26(35)36)8-16(2)24(15)25-20-5-3-18(33-11-27(29,30)12-33)9-22(20)39(37,38)23-10-19(4-6-21(23)25)34-13-28(31,32)14-34/h3-10H,11-14H2,1-2H3,(H-,35,36,37,38)/p+1. The van der Waals surface area contributed by atoms with Crippen molar-refractivity contribution in [3.05, 3.63) is 87.3 Å². The van der Waals surface area contributed by atoms with E-state index in [0.29, 0.717) is 44.8 Å². The lowest BCUT2D eigenvalue weighted by Crippen LogP contribution is -2.56. The summed E-state index contributed by atoms with van der Waals surface area (Å²) in [7, 11) is -4.29. The zero-order valence-electron chi connectivity index (χ0n) is 21.0. The number of halogens is 4. The molecule has 39 heavy (non-hydrogen) atoms. The Bertz CT molecular complexity index is 1630. The number of hydrogen-bond acceptors (Lipinski definition) is 3. The molecule has 2 aromatic carbocycles. The summed E-state index contributed by atoms with van der Waals surface area (Å²) in [6.07, 6.45) is 4.72. The van der Waals surface area contributed by atoms with E-state index < -0.39 is 51.4 Å². The molecule has 0 radical (unpaired) electrons. The summed E-state index contributed by atoms with van der Waals surface area (Å²) in [6.45, 7) is 1.49. The molecule has 6 rings (SSSR count). The van der Waals surface area contributed by atoms with Gasteiger partial charge >= 0.3 is 11.9 Å². The number of aryl methyl sites for hydroxylation is 2. The van der Waals surface area contributed by atoms with Gasteiger partial charge < -0.3 is 14.9 Å². The zero-order valence-corrected chi connectivity index (χ0v) is 21.9. The Morgan fingerprint density at radius 2 is 1.64 bits per heavy atom. The molecule has 1 unspecified atom stereocenters. The molecule has 0 amide bonds. The topological polar surface area (TPSA) is 80.8 Å². The molecule has 0 bridgehead atoms. The molecule has 2 saturated heterocycles. The maximum absolute atomic E-state index is 14.1. The van der Waals surface area contributed by atoms with Crippen molar-refractivity contribution >= 4 is 35.6 Å². The van der Waals surface area contributed by atoms with E-state index in [-0.39, 0.29) is 16.2 Å². The van der Waals surface area contributed by atoms with Gasteiger partial charge in [-0.1, -0.05) is 6.07 Å². The molecule has 0 saturated carbocycles. The van der Waals surface area contributed by atoms with Crippen molar-refractivity contribution in [3.8, 4) is 0 Å². The second-order valence-electron chi connectivity index (χ2n) is 10.6. The molecule has 2 fully saturated rings. The molecule has 3 heterocycles. The van der Waals surface area contributed by atoms with Gasteiger partial charge in [-0.05, 0) is 77.6 Å². The monoisotopic (exact) mass is 559 g/mol. The Morgan fingerprint density at radius 3 is 2.21 bits per heavy atom. The summed E-state index contributed by atoms with van der Waals surface area (Å²) in [5, 5.41) is 9.64. The summed E-state index contributed by atoms with van der Waals surface area (Å²) < 4.78 is 69.9. The van der Waals surface area contributed by atoms with Crippen molar-refractivity contribution in [2.75, 3.05) is 31.1 Å². The molecular formula is C28H24F4N2O4P+. The number of nitrogens with zero attached hydrogens (tertiary/aromatic N) is 2. The lowest BCUT2D eigenvalue weighted by molar-refractivity contribution is -0.638. The highest BCUT2D eigenvalue weighted by molar-refractivity contribution is 7.71. The predicted molar refractivity (Wildman–Crippen MR) is 139 cm³/mol. The summed E-state index contributed by atoms with van der Waals surface area (Å²) in [5.74, 6) is -6.76. The number of carboxylic acid groups (broad SMARTS) is 1. The van der Waals surface area contributed by atoms with Crippen LogP contribution in [0.2, 0.25) is 0 Å². The number of rotatable bonds is 3. The van der Waals surface area contributed by atoms with E-state index in [1.165, 1.54) is 33.8 Å². The van der Waals surface area contributed by atoms with Crippen molar-refractivity contribution in [2.24, 2.45) is 0 Å². The van der Waals surface area contributed by atoms with E-state index in [4.69, 9.17) is 0 Å². The molecule has 202 valence electrons. The molecule has 3 aliphatic heterocycles. The minimum atomic E-state index is -4.29. The van der Waals surface area contributed by atoms with Crippen LogP contribution in [0.15, 0.2) is 59.4 Å². The highest BCUT2D eigenvalue weighted by atomic mass is 31.2. The van der Waals surface area contributed by atoms with Gasteiger partial charge in [-0.2, -0.15) is 8.78 Å². The third-order valence-electron chi connectivity index (χ3n) is 7.60. The molecule has 2 N–H and O–H groups in total. The summed E-state index contributed by atoms with van der Waals surface area (Å²) in [5.41, 5.74) is 4.25. The SMILES string of the molecule is Cc1cc(C(=O)O)cc(C)c1C1=C2C=CC(=[N+]3CC(F)(F)C3)C=C2P(=O)(O)c2cc(N3CC(F)(F)C3)ccc21. The molecule has 0 spiro atoms. The van der Waals surface area contributed by atoms with Gasteiger partial charge in [0.15, 0.2) is 0 Å². The number of anilines is 1. The first-order chi connectivity index (χ1) is 18.2. The first-order valence-corrected chi connectivity index (χ1v) is 13.9. The van der Waals surface area contributed by atoms with Crippen LogP contribution in [0, 0.1) is 13.8 Å². The van der Waals surface area contributed by atoms with Gasteiger partial charge in [-0.25, -0.2) is 18.2 Å². The van der Waals surface area contributed by atoms with Crippen LogP contribution in [0.3, 0.4) is 0 Å². The Morgan fingerprint density at radius 1 is 1.00 bits per heavy atom. The Balaban J connectivity index is 1.59. The average molecular weight is 559 g/mol. The molecular weight excluding hydrogens is 535 g/mol. The van der Waals surface area contributed by atoms with Crippen LogP contribution in [-0.4, -0.2) is 64.3 Å². The van der Waals surface area contributed by atoms with Crippen molar-refractivity contribution in [1.82, 2.24) is 0 Å². The second-order valence-corrected chi connectivity index (χ2v) is 12.7. The quantitative estimate of drug-likeness (QED) is 0.323. The van der Waals surface area contributed by atoms with E-state index in [0.717, 1.165) is 0 Å². The van der Waals surface area contributed by atoms with Crippen LogP contribution in [0.4, 0.5) is 23.2 Å². The zero-order chi connectivity index (χ0) is 28.1. The van der Waals surface area contributed by atoms with Crippen molar-refractivity contribution < 1.29 is 41.5 Å². The third-order valence-corrected chi connectivity index (χ3v) is 9.65. The molecule has 0 aromatic heterocycles. The van der Waals surface area contributed by atoms with E-state index >= 15 is 0 Å². The smallest absolute Gasteiger partial charge is 0.361 e. The van der Waals surface area contributed by atoms with Crippen molar-refractivity contribution in [2.45, 2.75) is 25.7 Å². The normalized spacial score (nSPS) is 24.5. The number of alkyl halides is 4. The van der Waals surface area contributed by atoms with E-state index in [1.54, 1.807) is 38.1 Å². The summed E-state index contributed by atoms with van der Waals surface area (Å²) in [4.78, 5) is 24.6. The highest BCUT2D eigenvalue weighted by Crippen LogP contribution is 2.60. The Hall–Kier alpha value is -3.49. The fraction of sp³-hybridized carbons (Fsp3) is 0.286. The van der Waals surface area contributed by atoms with Crippen LogP contribution in [0.1, 0.15) is 32.6 Å². The summed E-state index contributed by atoms with van der Waals surface area (Å²) >= 11 is 0. The summed E-state index contributed by atoms with van der Waals surface area (Å²) in [6, 6.07) is 7.77. The lowest BCUT2D eigenvalue weighted by Gasteiger charge is -2.41. The van der Waals surface area contributed by atoms with Gasteiger partial charge in [0.05, 0.1) is 29.3 Å². The van der Waals surface area contributed by atoms with Gasteiger partial charge in [-0.3, -0.25) is 4.57 Å². The van der Waals surface area contributed by atoms with Crippen LogP contribution >= 0.6 is 7.37 Å². The second kappa shape index (κ2) is 8.26. The minimum Gasteiger partial charge on any atom is -0.478 e. The third kappa shape index (κ3) is 4.08. The van der Waals surface area contributed by atoms with Crippen molar-refractivity contribution in [1.29, 1.82) is 0 Å². The average Bonchev–Trinajstić information content (AvgIpc) is 2.82. The minimum absolute atomic E-state index is 0.0601. The van der Waals surface area contributed by atoms with Crippen LogP contribution in [0.25, 0.3) is 5.57 Å². The van der Waals surface area contributed by atoms with E-state index in [9.17, 15) is 36.9 Å². The maximum Gasteiger partial charge on any atom is 0.361 e. The Labute approximate surface area is 221 Å². The molecule has 6 nitrogen and oxygen atoms in total. The number of carbonyl (C=O) groups is 1. The highest BCUT2D eigenvalue weighted by Gasteiger charge is 2.51. The van der Waals surface area contributed by atoms with Gasteiger partial charge in [0.2, 0.25) is 18.8 Å². The number of aromatic carboxylic acids is 1. The van der Waals surface area contributed by atoms with Crippen LogP contribution < -0.4 is 10.2 Å². The molecule has 2 aromatic rings. The predicted octanol–water partition coefficient (Wildman–Crippen LogP) is 4.72. The fourth-order valence-electron chi connectivity index (χ4n) is 5.77. The first-order valence-electron chi connectivity index (χ1n) is 12.3. The molecule has 11 heteroatoms. The number of allylic oxidation sites excluding steroid dienone is 5. The molecule has 1 aliphatic carbocycles. The van der Waals surface area contributed by atoms with Gasteiger partial charge in [0, 0.05) is 17.8 Å². The molecule has 4 aliphatic rings. The van der Waals surface area contributed by atoms with Gasteiger partial charge in [0.25, 0.3) is 13.3 Å². The number of carboxylic acids is 1. The lowest BCUT2D eigenvalue weighted by atomic mass is 9.84. The van der Waals surface area contributed by atoms with Crippen LogP contribution in [-0.2, 0) is 4.57 Å². The van der Waals surface area contributed by atoms with Crippen LogP contribution in [0.5, 0.6) is 0 Å². The van der Waals surface area contributed by atoms with Gasteiger partial charge in [0.1, 0.15) is 0 Å². The first kappa shape index (κ1) is 25.8.